The average Bonchev–Trinajstić information content (AvgIpc) is 2.03. The average molecular weight is 245 g/mol. The van der Waals surface area contributed by atoms with E-state index in [0.717, 1.165) is 0 Å². The maximum absolute atomic E-state index is 10.6. The first-order valence-corrected chi connectivity index (χ1v) is 4.75. The van der Waals surface area contributed by atoms with Crippen LogP contribution in [0.5, 0.6) is 0 Å². The molecule has 0 amide bonds. The van der Waals surface area contributed by atoms with Crippen molar-refractivity contribution in [2.24, 2.45) is 0 Å². The molecule has 1 heterocycles. The summed E-state index contributed by atoms with van der Waals surface area (Å²) < 4.78 is 0. The van der Waals surface area contributed by atoms with Crippen LogP contribution in [0.3, 0.4) is 0 Å². The third-order valence-corrected chi connectivity index (χ3v) is 1.86. The van der Waals surface area contributed by atoms with Gasteiger partial charge in [-0.3, -0.25) is 15.1 Å². The molecule has 0 spiro atoms. The van der Waals surface area contributed by atoms with Gasteiger partial charge in [-0.1, -0.05) is 22.9 Å². The Morgan fingerprint density at radius 2 is 2.46 bits per heavy atom. The molecule has 0 aliphatic heterocycles. The highest BCUT2D eigenvalue weighted by molar-refractivity contribution is 9.09. The van der Waals surface area contributed by atoms with Gasteiger partial charge >= 0.3 is 0 Å². The Balaban J connectivity index is 2.98. The molecule has 1 atom stereocenters. The highest BCUT2D eigenvalue weighted by Crippen LogP contribution is 2.18. The topological polar surface area (TPSA) is 56.0 Å². The highest BCUT2D eigenvalue weighted by Gasteiger charge is 2.14. The zero-order chi connectivity index (χ0) is 9.84. The van der Waals surface area contributed by atoms with E-state index in [9.17, 15) is 10.1 Å². The summed E-state index contributed by atoms with van der Waals surface area (Å²) in [5.74, 6) is 0. The van der Waals surface area contributed by atoms with E-state index in [4.69, 9.17) is 0 Å². The molecule has 1 unspecified atom stereocenters. The number of nitro groups is 1. The minimum atomic E-state index is -0.405. The van der Waals surface area contributed by atoms with Crippen molar-refractivity contribution in [1.82, 2.24) is 4.98 Å². The molecule has 0 saturated heterocycles. The van der Waals surface area contributed by atoms with Gasteiger partial charge in [0.2, 0.25) is 0 Å². The van der Waals surface area contributed by atoms with E-state index >= 15 is 0 Å². The summed E-state index contributed by atoms with van der Waals surface area (Å²) in [5.41, 5.74) is 0.616. The second-order valence-electron chi connectivity index (χ2n) is 2.71. The Labute approximate surface area is 84.3 Å². The van der Waals surface area contributed by atoms with E-state index in [2.05, 4.69) is 20.9 Å². The van der Waals surface area contributed by atoms with Gasteiger partial charge in [-0.05, 0) is 6.07 Å². The number of aromatic nitrogens is 1. The number of rotatable bonds is 3. The van der Waals surface area contributed by atoms with Crippen LogP contribution < -0.4 is 0 Å². The molecule has 1 aromatic rings. The summed E-state index contributed by atoms with van der Waals surface area (Å²) in [5, 5.41) is 10.6. The maximum Gasteiger partial charge on any atom is 0.290 e. The molecule has 0 N–H and O–H groups in total. The third-order valence-electron chi connectivity index (χ3n) is 1.54. The Bertz CT molecular complexity index is 315. The smallest absolute Gasteiger partial charge is 0.258 e. The number of alkyl halides is 1. The van der Waals surface area contributed by atoms with E-state index in [-0.39, 0.29) is 10.5 Å². The molecule has 1 rings (SSSR count). The van der Waals surface area contributed by atoms with Crippen molar-refractivity contribution < 1.29 is 4.92 Å². The molecule has 0 saturated carbocycles. The van der Waals surface area contributed by atoms with Gasteiger partial charge in [0.05, 0.1) is 4.92 Å². The fourth-order valence-corrected chi connectivity index (χ4v) is 1.33. The van der Waals surface area contributed by atoms with E-state index < -0.39 is 4.92 Å². The molecule has 0 aliphatic rings. The summed E-state index contributed by atoms with van der Waals surface area (Å²) in [6.07, 6.45) is 2.13. The zero-order valence-electron chi connectivity index (χ0n) is 7.11. The van der Waals surface area contributed by atoms with Gasteiger partial charge in [0.25, 0.3) is 5.69 Å². The summed E-state index contributed by atoms with van der Waals surface area (Å²) in [6, 6.07) is 3.04. The monoisotopic (exact) mass is 244 g/mol. The lowest BCUT2D eigenvalue weighted by atomic mass is 10.2. The Kier molecular flexibility index (Phi) is 3.36. The third kappa shape index (κ3) is 2.77. The van der Waals surface area contributed by atoms with Crippen LogP contribution in [-0.2, 0) is 6.42 Å². The van der Waals surface area contributed by atoms with Crippen LogP contribution in [0, 0.1) is 10.1 Å². The summed E-state index contributed by atoms with van der Waals surface area (Å²) in [4.78, 5) is 14.3. The van der Waals surface area contributed by atoms with Crippen LogP contribution in [0.2, 0.25) is 0 Å². The van der Waals surface area contributed by atoms with Gasteiger partial charge < -0.3 is 0 Å². The molecule has 0 fully saturated rings. The first kappa shape index (κ1) is 10.1. The second kappa shape index (κ2) is 4.32. The van der Waals surface area contributed by atoms with Crippen LogP contribution in [-0.4, -0.2) is 14.7 Å². The van der Waals surface area contributed by atoms with Crippen molar-refractivity contribution in [2.45, 2.75) is 18.2 Å². The van der Waals surface area contributed by atoms with Crippen LogP contribution in [0.4, 0.5) is 5.69 Å². The minimum Gasteiger partial charge on any atom is -0.258 e. The van der Waals surface area contributed by atoms with Crippen LogP contribution in [0.15, 0.2) is 18.3 Å². The molecule has 5 heteroatoms. The number of pyridine rings is 1. The SMILES string of the molecule is CC(Br)Cc1ncccc1[N+](=O)[O-]. The van der Waals surface area contributed by atoms with Crippen LogP contribution in [0.25, 0.3) is 0 Å². The van der Waals surface area contributed by atoms with Gasteiger partial charge in [-0.2, -0.15) is 0 Å². The molecule has 0 radical (unpaired) electrons. The fourth-order valence-electron chi connectivity index (χ4n) is 1.02. The van der Waals surface area contributed by atoms with Gasteiger partial charge in [0.15, 0.2) is 0 Å². The van der Waals surface area contributed by atoms with Gasteiger partial charge in [0.1, 0.15) is 5.69 Å². The Morgan fingerprint density at radius 1 is 1.77 bits per heavy atom. The quantitative estimate of drug-likeness (QED) is 0.466. The number of hydrogen-bond acceptors (Lipinski definition) is 3. The molecule has 13 heavy (non-hydrogen) atoms. The van der Waals surface area contributed by atoms with Crippen LogP contribution >= 0.6 is 15.9 Å². The summed E-state index contributed by atoms with van der Waals surface area (Å²) in [6.45, 7) is 1.93. The van der Waals surface area contributed by atoms with Crippen molar-refractivity contribution in [3.8, 4) is 0 Å². The second-order valence-corrected chi connectivity index (χ2v) is 4.27. The van der Waals surface area contributed by atoms with E-state index in [1.807, 2.05) is 6.92 Å². The van der Waals surface area contributed by atoms with Crippen molar-refractivity contribution in [1.29, 1.82) is 0 Å². The lowest BCUT2D eigenvalue weighted by molar-refractivity contribution is -0.385. The first-order valence-electron chi connectivity index (χ1n) is 3.83. The van der Waals surface area contributed by atoms with E-state index in [1.165, 1.54) is 6.07 Å². The molecule has 0 aromatic carbocycles. The van der Waals surface area contributed by atoms with E-state index in [1.54, 1.807) is 12.3 Å². The first-order chi connectivity index (χ1) is 6.11. The zero-order valence-corrected chi connectivity index (χ0v) is 8.69. The lowest BCUT2D eigenvalue weighted by Gasteiger charge is -2.02. The molecular formula is C8H9BrN2O2. The Morgan fingerprint density at radius 3 is 3.00 bits per heavy atom. The normalized spacial score (nSPS) is 12.5. The van der Waals surface area contributed by atoms with Gasteiger partial charge in [-0.25, -0.2) is 0 Å². The molecule has 0 aliphatic carbocycles. The molecule has 4 nitrogen and oxygen atoms in total. The molecule has 70 valence electrons. The largest absolute Gasteiger partial charge is 0.290 e. The molecular weight excluding hydrogens is 236 g/mol. The molecule has 0 bridgehead atoms. The van der Waals surface area contributed by atoms with Crippen LogP contribution in [0.1, 0.15) is 12.6 Å². The van der Waals surface area contributed by atoms with Crippen molar-refractivity contribution in [2.75, 3.05) is 0 Å². The predicted octanol–water partition coefficient (Wildman–Crippen LogP) is 2.32. The summed E-state index contributed by atoms with van der Waals surface area (Å²) in [7, 11) is 0. The van der Waals surface area contributed by atoms with Crippen molar-refractivity contribution in [3.63, 3.8) is 0 Å². The van der Waals surface area contributed by atoms with Gasteiger partial charge in [0, 0.05) is 23.5 Å². The predicted molar refractivity (Wildman–Crippen MR) is 53.0 cm³/mol. The number of halogens is 1. The van der Waals surface area contributed by atoms with Crippen molar-refractivity contribution >= 4 is 21.6 Å². The lowest BCUT2D eigenvalue weighted by Crippen LogP contribution is -2.03. The highest BCUT2D eigenvalue weighted by atomic mass is 79.9. The number of hydrogen-bond donors (Lipinski definition) is 0. The van der Waals surface area contributed by atoms with Crippen molar-refractivity contribution in [3.05, 3.63) is 34.1 Å². The minimum absolute atomic E-state index is 0.0915. The molecule has 1 aromatic heterocycles. The summed E-state index contributed by atoms with van der Waals surface area (Å²) >= 11 is 3.33. The standard InChI is InChI=1S/C8H9BrN2O2/c1-6(9)5-7-8(11(12)13)3-2-4-10-7/h2-4,6H,5H2,1H3. The number of nitrogens with zero attached hydrogens (tertiary/aromatic N) is 2. The van der Waals surface area contributed by atoms with E-state index in [0.29, 0.717) is 12.1 Å². The fraction of sp³-hybridized carbons (Fsp3) is 0.375. The van der Waals surface area contributed by atoms with Gasteiger partial charge in [-0.15, -0.1) is 0 Å². The maximum atomic E-state index is 10.6. The Hall–Kier alpha value is -0.970.